The number of ketones is 1. The zero-order valence-electron chi connectivity index (χ0n) is 16.0. The number of carbonyl (C=O) groups is 3. The van der Waals surface area contributed by atoms with Gasteiger partial charge in [0, 0.05) is 6.42 Å². The molecule has 0 aromatic rings. The van der Waals surface area contributed by atoms with Gasteiger partial charge in [0.25, 0.3) is 5.90 Å². The standard InChI is InChI=1S/C18H30N2O4/c1-10(2)9-13(21)19-17(7,11(3)4)14(22)15-20-18(8,12(5)6)16(23)24-15/h10-12H,9H2,1-8H3,(H,19,21)/t17-,18-/m0/s1. The Hall–Kier alpha value is -1.72. The van der Waals surface area contributed by atoms with Crippen molar-refractivity contribution in [3.8, 4) is 0 Å². The van der Waals surface area contributed by atoms with Gasteiger partial charge in [-0.25, -0.2) is 9.79 Å². The summed E-state index contributed by atoms with van der Waals surface area (Å²) in [5.41, 5.74) is -2.24. The van der Waals surface area contributed by atoms with Gasteiger partial charge in [0.1, 0.15) is 5.54 Å². The summed E-state index contributed by atoms with van der Waals surface area (Å²) in [6.45, 7) is 14.6. The molecule has 0 saturated carbocycles. The number of Topliss-reactive ketones (excluding diaryl/α,β-unsaturated/α-hetero) is 1. The summed E-state index contributed by atoms with van der Waals surface area (Å²) in [5.74, 6) is -1.51. The molecule has 1 amide bonds. The monoisotopic (exact) mass is 338 g/mol. The Bertz CT molecular complexity index is 565. The van der Waals surface area contributed by atoms with Crippen LogP contribution < -0.4 is 5.32 Å². The van der Waals surface area contributed by atoms with E-state index in [0.717, 1.165) is 0 Å². The van der Waals surface area contributed by atoms with E-state index in [0.29, 0.717) is 6.42 Å². The fourth-order valence-corrected chi connectivity index (χ4v) is 2.33. The smallest absolute Gasteiger partial charge is 0.340 e. The highest BCUT2D eigenvalue weighted by atomic mass is 16.6. The van der Waals surface area contributed by atoms with Crippen molar-refractivity contribution in [1.29, 1.82) is 0 Å². The van der Waals surface area contributed by atoms with E-state index in [9.17, 15) is 14.4 Å². The van der Waals surface area contributed by atoms with Gasteiger partial charge < -0.3 is 10.1 Å². The molecule has 0 radical (unpaired) electrons. The molecule has 0 unspecified atom stereocenters. The van der Waals surface area contributed by atoms with Gasteiger partial charge in [0.2, 0.25) is 11.7 Å². The van der Waals surface area contributed by atoms with Crippen molar-refractivity contribution in [1.82, 2.24) is 5.32 Å². The number of nitrogens with zero attached hydrogens (tertiary/aromatic N) is 1. The molecule has 1 aliphatic rings. The van der Waals surface area contributed by atoms with Crippen molar-refractivity contribution >= 4 is 23.6 Å². The lowest BCUT2D eigenvalue weighted by atomic mass is 9.83. The SMILES string of the molecule is CC(C)CC(=O)N[C@](C)(C(=O)C1=N[C@@](C)(C(C)C)C(=O)O1)C(C)C. The molecule has 0 aromatic heterocycles. The summed E-state index contributed by atoms with van der Waals surface area (Å²) in [4.78, 5) is 41.5. The number of aliphatic imine (C=N–C) groups is 1. The van der Waals surface area contributed by atoms with Crippen LogP contribution in [0.25, 0.3) is 0 Å². The van der Waals surface area contributed by atoms with Crippen LogP contribution >= 0.6 is 0 Å². The van der Waals surface area contributed by atoms with E-state index in [2.05, 4.69) is 10.3 Å². The summed E-state index contributed by atoms with van der Waals surface area (Å²) in [5, 5.41) is 2.81. The molecule has 1 heterocycles. The Morgan fingerprint density at radius 1 is 1.21 bits per heavy atom. The largest absolute Gasteiger partial charge is 0.402 e. The van der Waals surface area contributed by atoms with Gasteiger partial charge in [-0.05, 0) is 31.6 Å². The predicted octanol–water partition coefficient (Wildman–Crippen LogP) is 2.50. The summed E-state index contributed by atoms with van der Waals surface area (Å²) in [6.07, 6.45) is 0.325. The molecule has 6 heteroatoms. The minimum atomic E-state index is -1.17. The normalized spacial score (nSPS) is 23.3. The van der Waals surface area contributed by atoms with Crippen molar-refractivity contribution in [2.45, 2.75) is 72.9 Å². The topological polar surface area (TPSA) is 84.8 Å². The fraction of sp³-hybridized carbons (Fsp3) is 0.778. The number of hydrogen-bond acceptors (Lipinski definition) is 5. The number of rotatable bonds is 7. The Morgan fingerprint density at radius 2 is 1.75 bits per heavy atom. The third kappa shape index (κ3) is 3.84. The fourth-order valence-electron chi connectivity index (χ4n) is 2.33. The second kappa shape index (κ2) is 7.03. The van der Waals surface area contributed by atoms with Crippen molar-refractivity contribution in [3.05, 3.63) is 0 Å². The van der Waals surface area contributed by atoms with E-state index in [1.165, 1.54) is 0 Å². The number of carbonyl (C=O) groups excluding carboxylic acids is 3. The Labute approximate surface area is 144 Å². The predicted molar refractivity (Wildman–Crippen MR) is 92.6 cm³/mol. The number of hydrogen-bond donors (Lipinski definition) is 1. The van der Waals surface area contributed by atoms with Gasteiger partial charge in [-0.15, -0.1) is 0 Å². The van der Waals surface area contributed by atoms with Crippen molar-refractivity contribution in [3.63, 3.8) is 0 Å². The molecule has 24 heavy (non-hydrogen) atoms. The first kappa shape index (κ1) is 20.3. The van der Waals surface area contributed by atoms with Crippen molar-refractivity contribution in [2.24, 2.45) is 22.7 Å². The molecule has 0 aromatic carbocycles. The lowest BCUT2D eigenvalue weighted by Gasteiger charge is -2.32. The van der Waals surface area contributed by atoms with E-state index in [1.807, 2.05) is 41.5 Å². The van der Waals surface area contributed by atoms with Crippen LogP contribution in [0.5, 0.6) is 0 Å². The Kier molecular flexibility index (Phi) is 5.95. The zero-order valence-corrected chi connectivity index (χ0v) is 16.0. The highest BCUT2D eigenvalue weighted by Crippen LogP contribution is 2.30. The second-order valence-corrected chi connectivity index (χ2v) is 7.94. The van der Waals surface area contributed by atoms with Crippen LogP contribution in [0.3, 0.4) is 0 Å². The second-order valence-electron chi connectivity index (χ2n) is 7.94. The molecule has 6 nitrogen and oxygen atoms in total. The maximum Gasteiger partial charge on any atom is 0.340 e. The molecule has 0 aliphatic carbocycles. The molecule has 0 spiro atoms. The summed E-state index contributed by atoms with van der Waals surface area (Å²) in [7, 11) is 0. The molecule has 0 bridgehead atoms. The lowest BCUT2D eigenvalue weighted by Crippen LogP contribution is -2.58. The number of esters is 1. The van der Waals surface area contributed by atoms with E-state index >= 15 is 0 Å². The molecule has 1 aliphatic heterocycles. The maximum atomic E-state index is 13.0. The van der Waals surface area contributed by atoms with Gasteiger partial charge in [-0.2, -0.15) is 0 Å². The van der Waals surface area contributed by atoms with Crippen LogP contribution in [0.1, 0.15) is 61.8 Å². The summed E-state index contributed by atoms with van der Waals surface area (Å²) >= 11 is 0. The third-order valence-corrected chi connectivity index (χ3v) is 4.87. The van der Waals surface area contributed by atoms with Crippen LogP contribution in [0, 0.1) is 17.8 Å². The minimum absolute atomic E-state index is 0.101. The van der Waals surface area contributed by atoms with Crippen LogP contribution in [-0.4, -0.2) is 34.6 Å². The lowest BCUT2D eigenvalue weighted by molar-refractivity contribution is -0.141. The van der Waals surface area contributed by atoms with Crippen LogP contribution in [0.2, 0.25) is 0 Å². The van der Waals surface area contributed by atoms with Crippen molar-refractivity contribution in [2.75, 3.05) is 0 Å². The summed E-state index contributed by atoms with van der Waals surface area (Å²) < 4.78 is 5.17. The van der Waals surface area contributed by atoms with Crippen LogP contribution in [-0.2, 0) is 19.1 Å². The zero-order chi connectivity index (χ0) is 18.9. The molecule has 136 valence electrons. The van der Waals surface area contributed by atoms with Gasteiger partial charge in [0.05, 0.1) is 0 Å². The first-order valence-corrected chi connectivity index (χ1v) is 8.52. The molecule has 2 atom stereocenters. The number of nitrogens with one attached hydrogen (secondary N) is 1. The van der Waals surface area contributed by atoms with Gasteiger partial charge in [-0.1, -0.05) is 41.5 Å². The third-order valence-electron chi connectivity index (χ3n) is 4.87. The van der Waals surface area contributed by atoms with E-state index in [4.69, 9.17) is 4.74 Å². The average molecular weight is 338 g/mol. The van der Waals surface area contributed by atoms with Crippen molar-refractivity contribution < 1.29 is 19.1 Å². The number of ether oxygens (including phenoxy) is 1. The highest BCUT2D eigenvalue weighted by Gasteiger charge is 2.50. The van der Waals surface area contributed by atoms with E-state index in [1.54, 1.807) is 13.8 Å². The molecular weight excluding hydrogens is 308 g/mol. The first-order valence-electron chi connectivity index (χ1n) is 8.52. The van der Waals surface area contributed by atoms with Crippen LogP contribution in [0.4, 0.5) is 0 Å². The maximum absolute atomic E-state index is 13.0. The molecule has 0 fully saturated rings. The molecule has 0 saturated heterocycles. The first-order chi connectivity index (χ1) is 10.8. The van der Waals surface area contributed by atoms with E-state index < -0.39 is 22.8 Å². The summed E-state index contributed by atoms with van der Waals surface area (Å²) in [6, 6.07) is 0. The Morgan fingerprint density at radius 3 is 2.12 bits per heavy atom. The number of cyclic esters (lactones) is 1. The minimum Gasteiger partial charge on any atom is -0.402 e. The molecule has 1 rings (SSSR count). The quantitative estimate of drug-likeness (QED) is 0.723. The molecule has 1 N–H and O–H groups in total. The Balaban J connectivity index is 3.12. The van der Waals surface area contributed by atoms with E-state index in [-0.39, 0.29) is 29.6 Å². The van der Waals surface area contributed by atoms with Gasteiger partial charge in [0.15, 0.2) is 5.54 Å². The average Bonchev–Trinajstić information content (AvgIpc) is 2.73. The number of amides is 1. The van der Waals surface area contributed by atoms with Crippen LogP contribution in [0.15, 0.2) is 4.99 Å². The van der Waals surface area contributed by atoms with Gasteiger partial charge in [-0.3, -0.25) is 9.59 Å². The molecular formula is C18H30N2O4. The highest BCUT2D eigenvalue weighted by molar-refractivity contribution is 6.43. The van der Waals surface area contributed by atoms with Gasteiger partial charge >= 0.3 is 5.97 Å².